The summed E-state index contributed by atoms with van der Waals surface area (Å²) in [6.07, 6.45) is -15.4. The molecule has 3 saturated heterocycles. The number of rotatable bonds is 19. The number of aliphatic hydroxyl groups is 12. The molecular weight excluding hydrogens is 1120 g/mol. The number of hydrogen-bond donors (Lipinski definition) is 12. The molecule has 8 rings (SSSR count). The van der Waals surface area contributed by atoms with Gasteiger partial charge in [-0.3, -0.25) is 4.79 Å². The molecule has 5 aliphatic carbocycles. The molecule has 486 valence electrons. The van der Waals surface area contributed by atoms with Crippen molar-refractivity contribution in [2.75, 3.05) is 13.2 Å². The lowest BCUT2D eigenvalue weighted by Gasteiger charge is -2.71. The van der Waals surface area contributed by atoms with Gasteiger partial charge in [-0.15, -0.1) is 0 Å². The van der Waals surface area contributed by atoms with Crippen LogP contribution in [0.3, 0.4) is 0 Å². The fourth-order valence-electron chi connectivity index (χ4n) is 17.0. The number of allylic oxidation sites excluding steroid dienone is 2. The normalized spacial score (nSPS) is 44.3. The lowest BCUT2D eigenvalue weighted by atomic mass is 9.33. The summed E-state index contributed by atoms with van der Waals surface area (Å²) in [4.78, 5) is 29.3. The zero-order valence-corrected chi connectivity index (χ0v) is 51.5. The number of hydrogen-bond acceptors (Lipinski definition) is 21. The number of fused-ring (bicyclic) bond motifs is 7. The van der Waals surface area contributed by atoms with E-state index in [1.807, 2.05) is 0 Å². The zero-order chi connectivity index (χ0) is 63.1. The third-order valence-electron chi connectivity index (χ3n) is 22.5. The molecule has 3 aliphatic heterocycles. The van der Waals surface area contributed by atoms with E-state index < -0.39 is 153 Å². The van der Waals surface area contributed by atoms with Gasteiger partial charge in [-0.1, -0.05) is 117 Å². The summed E-state index contributed by atoms with van der Waals surface area (Å²) in [5.74, 6) is 8.65. The first-order valence-electron chi connectivity index (χ1n) is 31.5. The molecule has 21 nitrogen and oxygen atoms in total. The summed E-state index contributed by atoms with van der Waals surface area (Å²) in [6.45, 7) is 20.0. The van der Waals surface area contributed by atoms with Gasteiger partial charge in [0, 0.05) is 6.42 Å². The van der Waals surface area contributed by atoms with E-state index in [0.29, 0.717) is 38.5 Å². The lowest BCUT2D eigenvalue weighted by molar-refractivity contribution is -0.375. The summed E-state index contributed by atoms with van der Waals surface area (Å²) in [5, 5.41) is 130. The van der Waals surface area contributed by atoms with E-state index in [9.17, 15) is 70.9 Å². The highest BCUT2D eigenvalue weighted by Crippen LogP contribution is 2.76. The van der Waals surface area contributed by atoms with Crippen molar-refractivity contribution in [2.24, 2.45) is 50.2 Å². The second-order valence-electron chi connectivity index (χ2n) is 28.4. The predicted octanol–water partition coefficient (Wildman–Crippen LogP) is 2.73. The Morgan fingerprint density at radius 3 is 2.00 bits per heavy atom. The fourth-order valence-corrected chi connectivity index (χ4v) is 17.0. The molecule has 0 spiro atoms. The Kier molecular flexibility index (Phi) is 21.9. The highest BCUT2D eigenvalue weighted by atomic mass is 16.8. The molecule has 0 aromatic rings. The molecule has 0 bridgehead atoms. The van der Waals surface area contributed by atoms with E-state index in [4.69, 9.17) is 33.2 Å². The standard InChI is InChI=1S/C65H100O21/c1-10-12-13-14-18-21-39(38(69)20-17-15-16-19-35(68)11-2)80-55(78)53-49(74)50(75)54(85-56-51(76)47(72)45(70)40(33-66)81-56)58(84-53)83-44-25-26-62(7)42(61(44,5)6)24-27-64(9)43(62)23-22-36-37-32-60(3,4)28-30-65(37,31-29-63(36,64)8)59(79)86-57-52(77)48(73)46(71)41(34-67)82-57/h11,22,35,37-54,56-58,66-77H,2,10,12-14,18,20-21,23-34H2,1,3-9H3/t35-,37+,38-,39-,40-,41-,42+,43-,44+,45-,46-,47+,48+,49+,50+,51-,52-,53+,54-,56+,57+,58-,62+,63-,64-,65+/m1/s1. The topological polar surface area (TPSA) is 342 Å². The van der Waals surface area contributed by atoms with Gasteiger partial charge < -0.3 is 94.4 Å². The molecule has 26 atom stereocenters. The van der Waals surface area contributed by atoms with Gasteiger partial charge in [0.1, 0.15) is 85.5 Å². The minimum atomic E-state index is -2.03. The van der Waals surface area contributed by atoms with Gasteiger partial charge in [0.25, 0.3) is 0 Å². The average molecular weight is 1220 g/mol. The first-order chi connectivity index (χ1) is 40.5. The van der Waals surface area contributed by atoms with Crippen molar-refractivity contribution in [1.29, 1.82) is 0 Å². The summed E-state index contributed by atoms with van der Waals surface area (Å²) in [7, 11) is 0. The number of ether oxygens (including phenoxy) is 7. The number of esters is 2. The van der Waals surface area contributed by atoms with Crippen LogP contribution in [0.5, 0.6) is 0 Å². The van der Waals surface area contributed by atoms with Crippen molar-refractivity contribution >= 4 is 11.9 Å². The number of aliphatic hydroxyl groups excluding tert-OH is 12. The summed E-state index contributed by atoms with van der Waals surface area (Å²) >= 11 is 0. The molecule has 0 aromatic carbocycles. The molecule has 21 heteroatoms. The van der Waals surface area contributed by atoms with Crippen molar-refractivity contribution in [2.45, 2.75) is 281 Å². The van der Waals surface area contributed by atoms with Crippen LogP contribution in [0.25, 0.3) is 0 Å². The van der Waals surface area contributed by atoms with Crippen molar-refractivity contribution in [3.8, 4) is 23.7 Å². The maximum atomic E-state index is 14.9. The molecule has 12 N–H and O–H groups in total. The number of carbonyl (C=O) groups is 2. The summed E-state index contributed by atoms with van der Waals surface area (Å²) in [6, 6.07) is 0. The van der Waals surface area contributed by atoms with Gasteiger partial charge in [0.2, 0.25) is 6.29 Å². The second kappa shape index (κ2) is 27.4. The third-order valence-corrected chi connectivity index (χ3v) is 22.5. The Balaban J connectivity index is 1.05. The van der Waals surface area contributed by atoms with Crippen LogP contribution in [0, 0.1) is 73.9 Å². The molecule has 0 radical (unpaired) electrons. The average Bonchev–Trinajstić information content (AvgIpc) is 0.679. The van der Waals surface area contributed by atoms with E-state index in [1.54, 1.807) is 0 Å². The van der Waals surface area contributed by atoms with Crippen molar-refractivity contribution in [3.05, 3.63) is 24.3 Å². The quantitative estimate of drug-likeness (QED) is 0.0291. The first kappa shape index (κ1) is 68.8. The van der Waals surface area contributed by atoms with Gasteiger partial charge in [0.15, 0.2) is 18.7 Å². The van der Waals surface area contributed by atoms with Gasteiger partial charge in [-0.25, -0.2) is 4.79 Å². The number of carbonyl (C=O) groups excluding carboxylic acids is 2. The van der Waals surface area contributed by atoms with Crippen LogP contribution in [0.2, 0.25) is 0 Å². The SMILES string of the molecule is C=C[C@@H](O)C#CC#CC[C@@H](O)[C@@H](CCCCCCC)OC(=O)[C@H]1O[C@@H](O[C@H]2CC[C@]3(C)[C@H]4CC=C5[C@@H]6CC(C)(C)CC[C@]6(C(=O)O[C@@H]6O[C@H](CO)[C@@H](O)[C@H](O)[C@H]6O)CC[C@@]5(C)[C@]4(C)CC[C@H]3C2(C)C)[C@H](O[C@@H]2O[C@H](CO)[C@@H](O)[C@H](O)[C@H]2O)[C@@H](O)[C@@H]1O. The van der Waals surface area contributed by atoms with E-state index in [0.717, 1.165) is 57.8 Å². The second-order valence-corrected chi connectivity index (χ2v) is 28.4. The smallest absolute Gasteiger partial charge is 0.338 e. The van der Waals surface area contributed by atoms with E-state index in [-0.39, 0.29) is 52.3 Å². The molecule has 0 amide bonds. The maximum absolute atomic E-state index is 14.9. The Morgan fingerprint density at radius 2 is 1.35 bits per heavy atom. The van der Waals surface area contributed by atoms with Crippen molar-refractivity contribution in [3.63, 3.8) is 0 Å². The van der Waals surface area contributed by atoms with E-state index >= 15 is 0 Å². The number of unbranched alkanes of at least 4 members (excludes halogenated alkanes) is 4. The lowest BCUT2D eigenvalue weighted by Crippen LogP contribution is -2.67. The zero-order valence-electron chi connectivity index (χ0n) is 51.5. The molecule has 8 aliphatic rings. The van der Waals surface area contributed by atoms with Crippen molar-refractivity contribution in [1.82, 2.24) is 0 Å². The van der Waals surface area contributed by atoms with Gasteiger partial charge in [0.05, 0.1) is 24.7 Å². The highest BCUT2D eigenvalue weighted by molar-refractivity contribution is 5.79. The molecular formula is C65H100O21. The van der Waals surface area contributed by atoms with Crippen LogP contribution in [-0.4, -0.2) is 203 Å². The van der Waals surface area contributed by atoms with Crippen LogP contribution < -0.4 is 0 Å². The molecule has 86 heavy (non-hydrogen) atoms. The largest absolute Gasteiger partial charge is 0.458 e. The van der Waals surface area contributed by atoms with Crippen LogP contribution in [-0.2, 0) is 42.7 Å². The van der Waals surface area contributed by atoms with Crippen LogP contribution in [0.15, 0.2) is 24.3 Å². The van der Waals surface area contributed by atoms with Crippen molar-refractivity contribution < 1.29 is 104 Å². The maximum Gasteiger partial charge on any atom is 0.338 e. The van der Waals surface area contributed by atoms with Gasteiger partial charge in [-0.05, 0) is 134 Å². The Hall–Kier alpha value is -3.14. The Bertz CT molecular complexity index is 2510. The Morgan fingerprint density at radius 1 is 0.709 bits per heavy atom. The monoisotopic (exact) mass is 1220 g/mol. The molecule has 4 saturated carbocycles. The van der Waals surface area contributed by atoms with E-state index in [2.05, 4.69) is 91.7 Å². The van der Waals surface area contributed by atoms with Crippen LogP contribution in [0.1, 0.15) is 165 Å². The minimum Gasteiger partial charge on any atom is -0.458 e. The molecule has 7 fully saturated rings. The van der Waals surface area contributed by atoms with Gasteiger partial charge in [-0.2, -0.15) is 0 Å². The molecule has 0 unspecified atom stereocenters. The first-order valence-corrected chi connectivity index (χ1v) is 31.5. The summed E-state index contributed by atoms with van der Waals surface area (Å²) in [5.41, 5.74) is -1.34. The third kappa shape index (κ3) is 13.0. The summed E-state index contributed by atoms with van der Waals surface area (Å²) < 4.78 is 43.0. The highest BCUT2D eigenvalue weighted by Gasteiger charge is 2.70. The predicted molar refractivity (Wildman–Crippen MR) is 309 cm³/mol. The van der Waals surface area contributed by atoms with Gasteiger partial charge >= 0.3 is 11.9 Å². The molecule has 0 aromatic heterocycles. The van der Waals surface area contributed by atoms with Crippen LogP contribution in [0.4, 0.5) is 0 Å². The molecule has 3 heterocycles. The minimum absolute atomic E-state index is 0.0283. The van der Waals surface area contributed by atoms with E-state index in [1.165, 1.54) is 11.6 Å². The van der Waals surface area contributed by atoms with Crippen LogP contribution >= 0.6 is 0 Å². The fraction of sp³-hybridized carbons (Fsp3) is 0.846. The Labute approximate surface area is 506 Å².